The van der Waals surface area contributed by atoms with Gasteiger partial charge in [-0.15, -0.1) is 10.2 Å². The molecule has 3 heterocycles. The van der Waals surface area contributed by atoms with Crippen LogP contribution in [0.5, 0.6) is 0 Å². The van der Waals surface area contributed by atoms with Gasteiger partial charge in [-0.25, -0.2) is 0 Å². The van der Waals surface area contributed by atoms with Gasteiger partial charge in [0.25, 0.3) is 0 Å². The van der Waals surface area contributed by atoms with Crippen LogP contribution in [-0.4, -0.2) is 19.8 Å². The van der Waals surface area contributed by atoms with Gasteiger partial charge in [0.2, 0.25) is 5.95 Å². The lowest BCUT2D eigenvalue weighted by molar-refractivity contribution is 0.392. The fourth-order valence-electron chi connectivity index (χ4n) is 1.88. The van der Waals surface area contributed by atoms with Crippen LogP contribution in [0, 0.1) is 13.8 Å². The Morgan fingerprint density at radius 2 is 2.17 bits per heavy atom. The number of hydrogen-bond donors (Lipinski definition) is 1. The Kier molecular flexibility index (Phi) is 2.47. The molecule has 3 rings (SSSR count). The van der Waals surface area contributed by atoms with Crippen molar-refractivity contribution in [3.05, 3.63) is 41.4 Å². The van der Waals surface area contributed by atoms with E-state index in [0.29, 0.717) is 12.5 Å². The molecule has 0 saturated carbocycles. The summed E-state index contributed by atoms with van der Waals surface area (Å²) in [5, 5.41) is 15.3. The molecule has 1 N–H and O–H groups in total. The van der Waals surface area contributed by atoms with E-state index in [2.05, 4.69) is 20.7 Å². The molecule has 0 saturated heterocycles. The minimum Gasteiger partial charge on any atom is -0.361 e. The molecule has 0 bridgehead atoms. The second kappa shape index (κ2) is 4.14. The molecule has 18 heavy (non-hydrogen) atoms. The molecule has 0 radical (unpaired) electrons. The minimum atomic E-state index is 0.622. The molecule has 0 amide bonds. The van der Waals surface area contributed by atoms with Crippen molar-refractivity contribution in [2.75, 3.05) is 5.32 Å². The normalized spacial score (nSPS) is 11.0. The Bertz CT molecular complexity index is 665. The molecule has 0 aliphatic rings. The Hall–Kier alpha value is -2.37. The van der Waals surface area contributed by atoms with E-state index in [4.69, 9.17) is 4.52 Å². The minimum absolute atomic E-state index is 0.622. The monoisotopic (exact) mass is 243 g/mol. The van der Waals surface area contributed by atoms with Gasteiger partial charge < -0.3 is 9.84 Å². The van der Waals surface area contributed by atoms with Crippen molar-refractivity contribution in [3.8, 4) is 0 Å². The van der Waals surface area contributed by atoms with Crippen LogP contribution in [0.2, 0.25) is 0 Å². The quantitative estimate of drug-likeness (QED) is 0.761. The van der Waals surface area contributed by atoms with Gasteiger partial charge in [0.1, 0.15) is 5.76 Å². The third-order valence-corrected chi connectivity index (χ3v) is 2.92. The molecular formula is C12H13N5O. The van der Waals surface area contributed by atoms with E-state index >= 15 is 0 Å². The predicted molar refractivity (Wildman–Crippen MR) is 66.3 cm³/mol. The van der Waals surface area contributed by atoms with Crippen LogP contribution in [0.3, 0.4) is 0 Å². The van der Waals surface area contributed by atoms with E-state index in [1.807, 2.05) is 42.6 Å². The third kappa shape index (κ3) is 1.71. The number of rotatable bonds is 3. The smallest absolute Gasteiger partial charge is 0.229 e. The highest BCUT2D eigenvalue weighted by atomic mass is 16.5. The molecule has 0 atom stereocenters. The zero-order chi connectivity index (χ0) is 12.5. The van der Waals surface area contributed by atoms with Crippen molar-refractivity contribution in [3.63, 3.8) is 0 Å². The molecule has 6 heteroatoms. The topological polar surface area (TPSA) is 68.2 Å². The van der Waals surface area contributed by atoms with Gasteiger partial charge in [0.05, 0.1) is 5.69 Å². The van der Waals surface area contributed by atoms with Crippen LogP contribution in [0.4, 0.5) is 5.95 Å². The summed E-state index contributed by atoms with van der Waals surface area (Å²) in [6, 6.07) is 5.79. The van der Waals surface area contributed by atoms with Crippen LogP contribution in [0.1, 0.15) is 17.0 Å². The maximum absolute atomic E-state index is 5.12. The largest absolute Gasteiger partial charge is 0.361 e. The lowest BCUT2D eigenvalue weighted by Gasteiger charge is -2.03. The van der Waals surface area contributed by atoms with E-state index in [-0.39, 0.29) is 0 Å². The second-order valence-electron chi connectivity index (χ2n) is 4.11. The molecule has 0 aliphatic carbocycles. The molecule has 0 unspecified atom stereocenters. The second-order valence-corrected chi connectivity index (χ2v) is 4.11. The third-order valence-electron chi connectivity index (χ3n) is 2.92. The summed E-state index contributed by atoms with van der Waals surface area (Å²) < 4.78 is 7.02. The summed E-state index contributed by atoms with van der Waals surface area (Å²) >= 11 is 0. The van der Waals surface area contributed by atoms with E-state index in [1.165, 1.54) is 0 Å². The average Bonchev–Trinajstić information content (AvgIpc) is 2.93. The summed E-state index contributed by atoms with van der Waals surface area (Å²) in [7, 11) is 0. The number of aromatic nitrogens is 4. The van der Waals surface area contributed by atoms with Crippen LogP contribution >= 0.6 is 0 Å². The molecular weight excluding hydrogens is 230 g/mol. The molecule has 6 nitrogen and oxygen atoms in total. The standard InChI is InChI=1S/C12H13N5O/c1-8-10(9(2)18-16-8)7-13-12-15-14-11-5-3-4-6-17(11)12/h3-6H,7H2,1-2H3,(H,13,15). The molecule has 0 spiro atoms. The van der Waals surface area contributed by atoms with Crippen molar-refractivity contribution in [1.29, 1.82) is 0 Å². The zero-order valence-electron chi connectivity index (χ0n) is 10.2. The van der Waals surface area contributed by atoms with Gasteiger partial charge >= 0.3 is 0 Å². The van der Waals surface area contributed by atoms with Crippen molar-refractivity contribution in [1.82, 2.24) is 19.8 Å². The first-order valence-corrected chi connectivity index (χ1v) is 5.71. The number of nitrogens with zero attached hydrogens (tertiary/aromatic N) is 4. The number of nitrogens with one attached hydrogen (secondary N) is 1. The lowest BCUT2D eigenvalue weighted by Crippen LogP contribution is -2.04. The zero-order valence-corrected chi connectivity index (χ0v) is 10.2. The molecule has 3 aromatic heterocycles. The van der Waals surface area contributed by atoms with Crippen molar-refractivity contribution in [2.24, 2.45) is 0 Å². The van der Waals surface area contributed by atoms with Crippen molar-refractivity contribution in [2.45, 2.75) is 20.4 Å². The maximum atomic E-state index is 5.12. The number of pyridine rings is 1. The van der Waals surface area contributed by atoms with Gasteiger partial charge in [-0.2, -0.15) is 0 Å². The van der Waals surface area contributed by atoms with Gasteiger partial charge in [-0.1, -0.05) is 11.2 Å². The van der Waals surface area contributed by atoms with Crippen LogP contribution in [-0.2, 0) is 6.54 Å². The molecule has 3 aromatic rings. The van der Waals surface area contributed by atoms with E-state index < -0.39 is 0 Å². The number of aryl methyl sites for hydroxylation is 2. The Balaban J connectivity index is 1.85. The first-order chi connectivity index (χ1) is 8.75. The van der Waals surface area contributed by atoms with Crippen molar-refractivity contribution >= 4 is 11.6 Å². The Labute approximate surface area is 104 Å². The fourth-order valence-corrected chi connectivity index (χ4v) is 1.88. The number of anilines is 1. The van der Waals surface area contributed by atoms with Crippen molar-refractivity contribution < 1.29 is 4.52 Å². The Morgan fingerprint density at radius 1 is 1.28 bits per heavy atom. The highest BCUT2D eigenvalue weighted by Crippen LogP contribution is 2.14. The Morgan fingerprint density at radius 3 is 2.94 bits per heavy atom. The van der Waals surface area contributed by atoms with Gasteiger partial charge in [0, 0.05) is 18.3 Å². The van der Waals surface area contributed by atoms with E-state index in [0.717, 1.165) is 22.7 Å². The number of hydrogen-bond acceptors (Lipinski definition) is 5. The summed E-state index contributed by atoms with van der Waals surface area (Å²) in [5.74, 6) is 1.54. The highest BCUT2D eigenvalue weighted by molar-refractivity contribution is 5.45. The first-order valence-electron chi connectivity index (χ1n) is 5.71. The SMILES string of the molecule is Cc1noc(C)c1CNc1nnc2ccccn12. The number of fused-ring (bicyclic) bond motifs is 1. The summed E-state index contributed by atoms with van der Waals surface area (Å²) in [5.41, 5.74) is 2.77. The van der Waals surface area contributed by atoms with Crippen LogP contribution in [0.15, 0.2) is 28.9 Å². The molecule has 0 aliphatic heterocycles. The van der Waals surface area contributed by atoms with Crippen LogP contribution in [0.25, 0.3) is 5.65 Å². The first kappa shape index (κ1) is 10.8. The highest BCUT2D eigenvalue weighted by Gasteiger charge is 2.10. The lowest BCUT2D eigenvalue weighted by atomic mass is 10.2. The average molecular weight is 243 g/mol. The molecule has 92 valence electrons. The predicted octanol–water partition coefficient (Wildman–Crippen LogP) is 1.95. The summed E-state index contributed by atoms with van der Waals surface area (Å²) in [4.78, 5) is 0. The maximum Gasteiger partial charge on any atom is 0.229 e. The van der Waals surface area contributed by atoms with E-state index in [1.54, 1.807) is 0 Å². The molecule has 0 fully saturated rings. The van der Waals surface area contributed by atoms with E-state index in [9.17, 15) is 0 Å². The molecule has 0 aromatic carbocycles. The summed E-state index contributed by atoms with van der Waals surface area (Å²) in [6.45, 7) is 4.45. The fraction of sp³-hybridized carbons (Fsp3) is 0.250. The van der Waals surface area contributed by atoms with Gasteiger partial charge in [-0.3, -0.25) is 4.40 Å². The summed E-state index contributed by atoms with van der Waals surface area (Å²) in [6.07, 6.45) is 1.92. The van der Waals surface area contributed by atoms with Gasteiger partial charge in [0.15, 0.2) is 5.65 Å². The van der Waals surface area contributed by atoms with Gasteiger partial charge in [-0.05, 0) is 26.0 Å². The van der Waals surface area contributed by atoms with Crippen LogP contribution < -0.4 is 5.32 Å².